The molecule has 0 aliphatic rings. The van der Waals surface area contributed by atoms with Crippen molar-refractivity contribution in [2.45, 2.75) is 6.54 Å². The van der Waals surface area contributed by atoms with E-state index in [1.165, 1.54) is 0 Å². The molecule has 88 valence electrons. The molecule has 0 aliphatic carbocycles. The van der Waals surface area contributed by atoms with Gasteiger partial charge in [0.2, 0.25) is 5.88 Å². The molecule has 1 aromatic carbocycles. The lowest BCUT2D eigenvalue weighted by molar-refractivity contribution is 0.463. The van der Waals surface area contributed by atoms with Crippen LogP contribution < -0.4 is 10.5 Å². The number of rotatable bonds is 3. The molecule has 0 unspecified atom stereocenters. The van der Waals surface area contributed by atoms with Crippen LogP contribution in [0.4, 0.5) is 0 Å². The predicted octanol–water partition coefficient (Wildman–Crippen LogP) is 3.64. The van der Waals surface area contributed by atoms with Gasteiger partial charge in [0.15, 0.2) is 0 Å². The summed E-state index contributed by atoms with van der Waals surface area (Å²) < 4.78 is 5.52. The Morgan fingerprint density at radius 2 is 2.00 bits per heavy atom. The molecule has 17 heavy (non-hydrogen) atoms. The van der Waals surface area contributed by atoms with E-state index in [1.807, 2.05) is 6.07 Å². The number of benzene rings is 1. The van der Waals surface area contributed by atoms with Crippen molar-refractivity contribution in [1.29, 1.82) is 0 Å². The number of halogens is 2. The van der Waals surface area contributed by atoms with Gasteiger partial charge in [0.1, 0.15) is 10.8 Å². The summed E-state index contributed by atoms with van der Waals surface area (Å²) in [4.78, 5) is 4.11. The summed E-state index contributed by atoms with van der Waals surface area (Å²) in [5, 5.41) is 0.821. The van der Waals surface area contributed by atoms with Gasteiger partial charge < -0.3 is 10.5 Å². The van der Waals surface area contributed by atoms with Gasteiger partial charge in [0, 0.05) is 18.8 Å². The summed E-state index contributed by atoms with van der Waals surface area (Å²) in [6.07, 6.45) is 1.66. The zero-order valence-corrected chi connectivity index (χ0v) is 10.4. The van der Waals surface area contributed by atoms with Gasteiger partial charge in [-0.2, -0.15) is 0 Å². The highest BCUT2D eigenvalue weighted by Crippen LogP contribution is 2.33. The molecule has 2 aromatic rings. The average molecular weight is 269 g/mol. The van der Waals surface area contributed by atoms with Crippen molar-refractivity contribution in [3.05, 3.63) is 52.1 Å². The standard InChI is InChI=1S/C12H10Cl2N2O/c13-9-2-1-3-10(12(9)14)17-11-5-4-8(6-15)7-16-11/h1-5,7H,6,15H2. The molecule has 0 spiro atoms. The fourth-order valence-corrected chi connectivity index (χ4v) is 1.60. The minimum absolute atomic E-state index is 0.374. The zero-order chi connectivity index (χ0) is 12.3. The van der Waals surface area contributed by atoms with E-state index in [-0.39, 0.29) is 0 Å². The summed E-state index contributed by atoms with van der Waals surface area (Å²) in [7, 11) is 0. The summed E-state index contributed by atoms with van der Waals surface area (Å²) in [6.45, 7) is 0.450. The Kier molecular flexibility index (Phi) is 3.84. The van der Waals surface area contributed by atoms with Crippen LogP contribution in [-0.4, -0.2) is 4.98 Å². The molecule has 1 heterocycles. The van der Waals surface area contributed by atoms with Gasteiger partial charge in [-0.05, 0) is 17.7 Å². The molecule has 0 bridgehead atoms. The van der Waals surface area contributed by atoms with E-state index in [9.17, 15) is 0 Å². The lowest BCUT2D eigenvalue weighted by Crippen LogP contribution is -1.97. The number of pyridine rings is 1. The highest BCUT2D eigenvalue weighted by molar-refractivity contribution is 6.42. The summed E-state index contributed by atoms with van der Waals surface area (Å²) in [5.74, 6) is 0.929. The Bertz CT molecular complexity index is 514. The maximum atomic E-state index is 6.00. The Labute approximate surface area is 109 Å². The highest BCUT2D eigenvalue weighted by atomic mass is 35.5. The van der Waals surface area contributed by atoms with Gasteiger partial charge in [-0.15, -0.1) is 0 Å². The van der Waals surface area contributed by atoms with Crippen molar-refractivity contribution in [2.75, 3.05) is 0 Å². The van der Waals surface area contributed by atoms with E-state index in [0.717, 1.165) is 5.56 Å². The van der Waals surface area contributed by atoms with Crippen LogP contribution in [0, 0.1) is 0 Å². The second-order valence-corrected chi connectivity index (χ2v) is 4.15. The summed E-state index contributed by atoms with van der Waals surface area (Å²) >= 11 is 11.9. The maximum Gasteiger partial charge on any atom is 0.219 e. The third-order valence-electron chi connectivity index (χ3n) is 2.16. The van der Waals surface area contributed by atoms with Crippen LogP contribution >= 0.6 is 23.2 Å². The van der Waals surface area contributed by atoms with E-state index < -0.39 is 0 Å². The first-order valence-electron chi connectivity index (χ1n) is 4.97. The Balaban J connectivity index is 2.22. The third-order valence-corrected chi connectivity index (χ3v) is 2.97. The van der Waals surface area contributed by atoms with Crippen LogP contribution in [-0.2, 0) is 6.54 Å². The number of hydrogen-bond donors (Lipinski definition) is 1. The fraction of sp³-hybridized carbons (Fsp3) is 0.0833. The molecule has 3 nitrogen and oxygen atoms in total. The molecule has 0 fully saturated rings. The van der Waals surface area contributed by atoms with Crippen LogP contribution in [0.15, 0.2) is 36.5 Å². The third kappa shape index (κ3) is 2.88. The Hall–Kier alpha value is -1.29. The molecule has 0 radical (unpaired) electrons. The van der Waals surface area contributed by atoms with E-state index in [1.54, 1.807) is 30.5 Å². The molecular weight excluding hydrogens is 259 g/mol. The smallest absolute Gasteiger partial charge is 0.219 e. The van der Waals surface area contributed by atoms with Crippen LogP contribution in [0.5, 0.6) is 11.6 Å². The monoisotopic (exact) mass is 268 g/mol. The minimum atomic E-state index is 0.374. The van der Waals surface area contributed by atoms with Crippen molar-refractivity contribution in [3.63, 3.8) is 0 Å². The second-order valence-electron chi connectivity index (χ2n) is 3.36. The fourth-order valence-electron chi connectivity index (χ4n) is 1.27. The van der Waals surface area contributed by atoms with E-state index in [4.69, 9.17) is 33.7 Å². The minimum Gasteiger partial charge on any atom is -0.437 e. The molecular formula is C12H10Cl2N2O. The number of hydrogen-bond acceptors (Lipinski definition) is 3. The van der Waals surface area contributed by atoms with Gasteiger partial charge >= 0.3 is 0 Å². The zero-order valence-electron chi connectivity index (χ0n) is 8.86. The number of nitrogens with zero attached hydrogens (tertiary/aromatic N) is 1. The molecule has 5 heteroatoms. The number of nitrogens with two attached hydrogens (primary N) is 1. The summed E-state index contributed by atoms with van der Waals surface area (Å²) in [6, 6.07) is 8.77. The first-order chi connectivity index (χ1) is 8.20. The Morgan fingerprint density at radius 1 is 1.18 bits per heavy atom. The molecule has 1 aromatic heterocycles. The van der Waals surface area contributed by atoms with E-state index in [2.05, 4.69) is 4.98 Å². The highest BCUT2D eigenvalue weighted by Gasteiger charge is 2.06. The van der Waals surface area contributed by atoms with Gasteiger partial charge in [0.05, 0.1) is 5.02 Å². The quantitative estimate of drug-likeness (QED) is 0.925. The van der Waals surface area contributed by atoms with Crippen LogP contribution in [0.1, 0.15) is 5.56 Å². The topological polar surface area (TPSA) is 48.1 Å². The van der Waals surface area contributed by atoms with Gasteiger partial charge in [-0.3, -0.25) is 0 Å². The molecule has 0 saturated carbocycles. The van der Waals surface area contributed by atoms with Crippen LogP contribution in [0.2, 0.25) is 10.0 Å². The molecule has 2 rings (SSSR count). The predicted molar refractivity (Wildman–Crippen MR) is 68.7 cm³/mol. The molecule has 0 amide bonds. The Morgan fingerprint density at radius 3 is 2.65 bits per heavy atom. The normalized spacial score (nSPS) is 10.3. The molecule has 0 saturated heterocycles. The molecule has 0 aliphatic heterocycles. The first kappa shape index (κ1) is 12.2. The summed E-state index contributed by atoms with van der Waals surface area (Å²) in [5.41, 5.74) is 6.42. The van der Waals surface area contributed by atoms with Crippen molar-refractivity contribution < 1.29 is 4.74 Å². The lowest BCUT2D eigenvalue weighted by atomic mass is 10.3. The van der Waals surface area contributed by atoms with Crippen LogP contribution in [0.25, 0.3) is 0 Å². The van der Waals surface area contributed by atoms with Gasteiger partial charge in [-0.1, -0.05) is 35.3 Å². The lowest BCUT2D eigenvalue weighted by Gasteiger charge is -2.07. The number of aromatic nitrogens is 1. The molecule has 0 atom stereocenters. The van der Waals surface area contributed by atoms with Crippen molar-refractivity contribution in [1.82, 2.24) is 4.98 Å². The van der Waals surface area contributed by atoms with E-state index >= 15 is 0 Å². The maximum absolute atomic E-state index is 6.00. The number of ether oxygens (including phenoxy) is 1. The first-order valence-corrected chi connectivity index (χ1v) is 5.73. The SMILES string of the molecule is NCc1ccc(Oc2cccc(Cl)c2Cl)nc1. The van der Waals surface area contributed by atoms with Gasteiger partial charge in [-0.25, -0.2) is 4.98 Å². The second kappa shape index (κ2) is 5.36. The van der Waals surface area contributed by atoms with Crippen molar-refractivity contribution in [2.24, 2.45) is 5.73 Å². The molecule has 2 N–H and O–H groups in total. The van der Waals surface area contributed by atoms with Crippen LogP contribution in [0.3, 0.4) is 0 Å². The van der Waals surface area contributed by atoms with Gasteiger partial charge in [0.25, 0.3) is 0 Å². The van der Waals surface area contributed by atoms with Crippen molar-refractivity contribution in [3.8, 4) is 11.6 Å². The van der Waals surface area contributed by atoms with E-state index in [0.29, 0.717) is 28.2 Å². The van der Waals surface area contributed by atoms with Crippen molar-refractivity contribution >= 4 is 23.2 Å². The average Bonchev–Trinajstić information content (AvgIpc) is 2.36. The largest absolute Gasteiger partial charge is 0.437 e.